The van der Waals surface area contributed by atoms with Gasteiger partial charge in [0, 0.05) is 11.7 Å². The third kappa shape index (κ3) is 4.49. The van der Waals surface area contributed by atoms with Crippen molar-refractivity contribution in [3.05, 3.63) is 22.9 Å². The van der Waals surface area contributed by atoms with Gasteiger partial charge in [-0.05, 0) is 0 Å². The molecule has 0 amide bonds. The average Bonchev–Trinajstić information content (AvgIpc) is 2.42. The van der Waals surface area contributed by atoms with Gasteiger partial charge >= 0.3 is 0 Å². The zero-order valence-electron chi connectivity index (χ0n) is 11.7. The Balaban J connectivity index is 2.15. The minimum atomic E-state index is -0.148. The Kier molecular flexibility index (Phi) is 6.29. The molecule has 0 aliphatic carbocycles. The van der Waals surface area contributed by atoms with E-state index in [-0.39, 0.29) is 22.6 Å². The van der Waals surface area contributed by atoms with Gasteiger partial charge in [-0.3, -0.25) is 0 Å². The Bertz CT molecular complexity index is 583. The monoisotopic (exact) mass is 339 g/mol. The van der Waals surface area contributed by atoms with Crippen LogP contribution in [-0.4, -0.2) is 43.5 Å². The van der Waals surface area contributed by atoms with Crippen LogP contribution >= 0.6 is 23.4 Å². The molecular weight excluding hydrogens is 326 g/mol. The van der Waals surface area contributed by atoms with Crippen molar-refractivity contribution < 1.29 is 14.2 Å². The summed E-state index contributed by atoms with van der Waals surface area (Å²) in [7, 11) is 0. The molecule has 116 valence electrons. The lowest BCUT2D eigenvalue weighted by Crippen LogP contribution is -2.35. The van der Waals surface area contributed by atoms with Crippen LogP contribution in [0.4, 0.5) is 0 Å². The predicted molar refractivity (Wildman–Crippen MR) is 83.1 cm³/mol. The molecule has 2 saturated heterocycles. The Labute approximate surface area is 138 Å². The van der Waals surface area contributed by atoms with Gasteiger partial charge < -0.3 is 14.2 Å². The second-order valence-corrected chi connectivity index (χ2v) is 6.10. The summed E-state index contributed by atoms with van der Waals surface area (Å²) in [4.78, 5) is 4.13. The van der Waals surface area contributed by atoms with Gasteiger partial charge in [0.05, 0.1) is 32.0 Å². The molecule has 2 aliphatic heterocycles. The quantitative estimate of drug-likeness (QED) is 0.401. The number of aliphatic imine (C=N–C) groups is 1. The number of rotatable bonds is 7. The number of hydrogen-bond acceptors (Lipinski definition) is 7. The fourth-order valence-corrected chi connectivity index (χ4v) is 2.65. The molecule has 2 fully saturated rings. The van der Waals surface area contributed by atoms with Gasteiger partial charge in [-0.25, -0.2) is 4.99 Å². The highest BCUT2D eigenvalue weighted by atomic mass is 35.5. The third-order valence-corrected chi connectivity index (χ3v) is 4.44. The van der Waals surface area contributed by atoms with Gasteiger partial charge in [-0.15, -0.1) is 11.8 Å². The first-order chi connectivity index (χ1) is 10.6. The van der Waals surface area contributed by atoms with E-state index in [4.69, 9.17) is 31.1 Å². The molecule has 6 nitrogen and oxygen atoms in total. The molecule has 0 spiro atoms. The van der Waals surface area contributed by atoms with Crippen LogP contribution in [0.2, 0.25) is 0 Å². The summed E-state index contributed by atoms with van der Waals surface area (Å²) in [5.74, 6) is 1.24. The number of nitriles is 2. The second-order valence-electron chi connectivity index (χ2n) is 4.73. The molecule has 0 aromatic carbocycles. The summed E-state index contributed by atoms with van der Waals surface area (Å²) in [6.45, 7) is 5.79. The maximum atomic E-state index is 9.30. The highest BCUT2D eigenvalue weighted by Crippen LogP contribution is 2.29. The maximum Gasteiger partial charge on any atom is 0.230 e. The molecule has 0 atom stereocenters. The van der Waals surface area contributed by atoms with Crippen LogP contribution < -0.4 is 0 Å². The van der Waals surface area contributed by atoms with Crippen LogP contribution in [0, 0.1) is 28.6 Å². The van der Waals surface area contributed by atoms with Crippen LogP contribution in [-0.2, 0) is 14.2 Å². The van der Waals surface area contributed by atoms with Crippen molar-refractivity contribution in [3.63, 3.8) is 0 Å². The minimum absolute atomic E-state index is 0.0380. The Hall–Kier alpha value is -1.51. The Morgan fingerprint density at radius 1 is 1.27 bits per heavy atom. The predicted octanol–water partition coefficient (Wildman–Crippen LogP) is 2.19. The van der Waals surface area contributed by atoms with Crippen molar-refractivity contribution in [1.82, 2.24) is 0 Å². The van der Waals surface area contributed by atoms with Crippen molar-refractivity contribution in [1.29, 1.82) is 10.5 Å². The topological polar surface area (TPSA) is 87.6 Å². The highest BCUT2D eigenvalue weighted by molar-refractivity contribution is 8.03. The molecule has 2 rings (SSSR count). The Morgan fingerprint density at radius 2 is 1.95 bits per heavy atom. The minimum Gasteiger partial charge on any atom is -0.474 e. The fraction of sp³-hybridized carbons (Fsp3) is 0.500. The number of ether oxygens (including phenoxy) is 3. The van der Waals surface area contributed by atoms with Gasteiger partial charge in [0.15, 0.2) is 5.03 Å². The molecule has 2 heterocycles. The normalized spacial score (nSPS) is 20.0. The highest BCUT2D eigenvalue weighted by Gasteiger charge is 2.25. The van der Waals surface area contributed by atoms with Crippen LogP contribution in [0.25, 0.3) is 0 Å². The number of thioether (sulfide) groups is 1. The zero-order valence-corrected chi connectivity index (χ0v) is 13.3. The SMILES string of the molecule is C=C(C#N)C(Cl)=NC(SCC1COC1)=C(C#N)OC1COC1. The summed E-state index contributed by atoms with van der Waals surface area (Å²) in [5, 5.41) is 18.4. The summed E-state index contributed by atoms with van der Waals surface area (Å²) in [6, 6.07) is 3.82. The lowest BCUT2D eigenvalue weighted by atomic mass is 10.1. The molecule has 0 aromatic rings. The van der Waals surface area contributed by atoms with E-state index in [0.29, 0.717) is 37.4 Å². The van der Waals surface area contributed by atoms with Gasteiger partial charge in [0.1, 0.15) is 23.4 Å². The van der Waals surface area contributed by atoms with Crippen molar-refractivity contribution >= 4 is 28.5 Å². The number of nitrogens with zero attached hydrogens (tertiary/aromatic N) is 3. The third-order valence-electron chi connectivity index (χ3n) is 2.93. The van der Waals surface area contributed by atoms with Crippen molar-refractivity contribution in [2.75, 3.05) is 32.2 Å². The standard InChI is InChI=1S/C14H14ClN3O3S/c1-9(2-16)13(15)18-14(22-8-10-4-19-5-10)12(3-17)21-11-6-20-7-11/h10-11H,1,4-8H2. The van der Waals surface area contributed by atoms with E-state index in [1.165, 1.54) is 11.8 Å². The first-order valence-corrected chi connectivity index (χ1v) is 7.93. The van der Waals surface area contributed by atoms with Gasteiger partial charge in [0.2, 0.25) is 5.76 Å². The van der Waals surface area contributed by atoms with E-state index in [1.54, 1.807) is 0 Å². The summed E-state index contributed by atoms with van der Waals surface area (Å²) in [6.07, 6.45) is -0.148. The molecule has 2 aliphatic rings. The van der Waals surface area contributed by atoms with E-state index in [1.807, 2.05) is 12.1 Å². The van der Waals surface area contributed by atoms with Crippen LogP contribution in [0.3, 0.4) is 0 Å². The van der Waals surface area contributed by atoms with E-state index < -0.39 is 0 Å². The van der Waals surface area contributed by atoms with Gasteiger partial charge in [0.25, 0.3) is 0 Å². The lowest BCUT2D eigenvalue weighted by Gasteiger charge is -2.27. The lowest BCUT2D eigenvalue weighted by molar-refractivity contribution is -0.105. The molecule has 8 heteroatoms. The molecule has 0 saturated carbocycles. The maximum absolute atomic E-state index is 9.30. The van der Waals surface area contributed by atoms with Crippen molar-refractivity contribution in [2.24, 2.45) is 10.9 Å². The van der Waals surface area contributed by atoms with E-state index in [9.17, 15) is 5.26 Å². The zero-order chi connectivity index (χ0) is 15.9. The van der Waals surface area contributed by atoms with Crippen LogP contribution in [0.5, 0.6) is 0 Å². The summed E-state index contributed by atoms with van der Waals surface area (Å²) < 4.78 is 15.7. The molecule has 22 heavy (non-hydrogen) atoms. The smallest absolute Gasteiger partial charge is 0.230 e. The molecule has 0 bridgehead atoms. The average molecular weight is 340 g/mol. The Morgan fingerprint density at radius 3 is 2.41 bits per heavy atom. The summed E-state index contributed by atoms with van der Waals surface area (Å²) in [5.41, 5.74) is 0.0380. The number of allylic oxidation sites excluding steroid dienone is 2. The van der Waals surface area contributed by atoms with Crippen molar-refractivity contribution in [3.8, 4) is 12.1 Å². The molecule has 0 aromatic heterocycles. The van der Waals surface area contributed by atoms with E-state index in [0.717, 1.165) is 5.75 Å². The number of hydrogen-bond donors (Lipinski definition) is 0. The second kappa shape index (κ2) is 8.21. The van der Waals surface area contributed by atoms with Crippen LogP contribution in [0.15, 0.2) is 27.9 Å². The number of halogens is 1. The molecule has 0 unspecified atom stereocenters. The first-order valence-electron chi connectivity index (χ1n) is 6.57. The molecular formula is C14H14ClN3O3S. The van der Waals surface area contributed by atoms with Crippen molar-refractivity contribution in [2.45, 2.75) is 6.10 Å². The first kappa shape index (κ1) is 16.9. The van der Waals surface area contributed by atoms with Gasteiger partial charge in [-0.1, -0.05) is 18.2 Å². The largest absolute Gasteiger partial charge is 0.474 e. The fourth-order valence-electron chi connectivity index (χ4n) is 1.50. The van der Waals surface area contributed by atoms with Crippen LogP contribution in [0.1, 0.15) is 0 Å². The van der Waals surface area contributed by atoms with Gasteiger partial charge in [-0.2, -0.15) is 10.5 Å². The summed E-state index contributed by atoms with van der Waals surface area (Å²) >= 11 is 7.30. The molecule has 0 radical (unpaired) electrons. The molecule has 0 N–H and O–H groups in total. The van der Waals surface area contributed by atoms with E-state index >= 15 is 0 Å². The van der Waals surface area contributed by atoms with E-state index in [2.05, 4.69) is 11.6 Å².